The van der Waals surface area contributed by atoms with E-state index in [1.54, 1.807) is 0 Å². The summed E-state index contributed by atoms with van der Waals surface area (Å²) < 4.78 is 12.7. The van der Waals surface area contributed by atoms with Crippen molar-refractivity contribution in [2.75, 3.05) is 31.6 Å². The summed E-state index contributed by atoms with van der Waals surface area (Å²) in [5.74, 6) is -0.496. The maximum atomic E-state index is 12.7. The van der Waals surface area contributed by atoms with Crippen LogP contribution in [0.2, 0.25) is 0 Å². The van der Waals surface area contributed by atoms with Crippen LogP contribution in [0, 0.1) is 5.82 Å². The molecule has 0 aliphatic heterocycles. The van der Waals surface area contributed by atoms with Crippen LogP contribution in [-0.2, 0) is 4.79 Å². The third-order valence-electron chi connectivity index (χ3n) is 2.45. The molecule has 0 heterocycles. The first-order chi connectivity index (χ1) is 8.65. The maximum absolute atomic E-state index is 12.7. The lowest BCUT2D eigenvalue weighted by Crippen LogP contribution is -2.35. The Balaban J connectivity index is 2.46. The van der Waals surface area contributed by atoms with Crippen molar-refractivity contribution < 1.29 is 14.3 Å². The summed E-state index contributed by atoms with van der Waals surface area (Å²) in [6.07, 6.45) is 0.920. The minimum absolute atomic E-state index is 0.0316. The zero-order valence-corrected chi connectivity index (χ0v) is 10.5. The second kappa shape index (κ2) is 7.79. The van der Waals surface area contributed by atoms with Gasteiger partial charge in [-0.05, 0) is 37.2 Å². The van der Waals surface area contributed by atoms with Gasteiger partial charge < -0.3 is 10.4 Å². The minimum atomic E-state index is -0.333. The van der Waals surface area contributed by atoms with E-state index in [4.69, 9.17) is 5.11 Å². The van der Waals surface area contributed by atoms with Gasteiger partial charge in [-0.2, -0.15) is 0 Å². The van der Waals surface area contributed by atoms with E-state index in [1.807, 2.05) is 11.8 Å². The van der Waals surface area contributed by atoms with Crippen LogP contribution in [0.25, 0.3) is 0 Å². The average Bonchev–Trinajstić information content (AvgIpc) is 2.33. The number of anilines is 1. The highest BCUT2D eigenvalue weighted by Crippen LogP contribution is 2.08. The largest absolute Gasteiger partial charge is 0.395 e. The first kappa shape index (κ1) is 14.6. The zero-order chi connectivity index (χ0) is 13.4. The number of aliphatic hydroxyl groups excluding tert-OH is 1. The summed E-state index contributed by atoms with van der Waals surface area (Å²) in [6, 6.07) is 5.63. The molecule has 0 aliphatic rings. The molecule has 0 atom stereocenters. The molecule has 2 N–H and O–H groups in total. The van der Waals surface area contributed by atoms with Crippen LogP contribution in [0.1, 0.15) is 13.3 Å². The van der Waals surface area contributed by atoms with E-state index < -0.39 is 0 Å². The van der Waals surface area contributed by atoms with Gasteiger partial charge in [0.15, 0.2) is 0 Å². The smallest absolute Gasteiger partial charge is 0.238 e. The maximum Gasteiger partial charge on any atom is 0.238 e. The number of hydrogen-bond acceptors (Lipinski definition) is 3. The highest BCUT2D eigenvalue weighted by Gasteiger charge is 2.09. The van der Waals surface area contributed by atoms with E-state index in [-0.39, 0.29) is 24.9 Å². The van der Waals surface area contributed by atoms with E-state index in [1.165, 1.54) is 24.3 Å². The highest BCUT2D eigenvalue weighted by molar-refractivity contribution is 5.92. The molecule has 5 heteroatoms. The molecule has 0 fully saturated rings. The van der Waals surface area contributed by atoms with E-state index in [2.05, 4.69) is 5.32 Å². The molecule has 1 aromatic carbocycles. The van der Waals surface area contributed by atoms with Crippen molar-refractivity contribution in [2.24, 2.45) is 0 Å². The van der Waals surface area contributed by atoms with E-state index in [0.29, 0.717) is 12.2 Å². The molecule has 0 radical (unpaired) electrons. The van der Waals surface area contributed by atoms with Crippen LogP contribution in [0.3, 0.4) is 0 Å². The van der Waals surface area contributed by atoms with Crippen molar-refractivity contribution in [1.82, 2.24) is 4.90 Å². The molecule has 4 nitrogen and oxygen atoms in total. The van der Waals surface area contributed by atoms with Crippen molar-refractivity contribution in [2.45, 2.75) is 13.3 Å². The number of carbonyl (C=O) groups is 1. The number of rotatable bonds is 7. The Morgan fingerprint density at radius 1 is 1.33 bits per heavy atom. The van der Waals surface area contributed by atoms with Gasteiger partial charge in [0.05, 0.1) is 13.2 Å². The summed E-state index contributed by atoms with van der Waals surface area (Å²) in [4.78, 5) is 13.6. The second-order valence-corrected chi connectivity index (χ2v) is 4.05. The van der Waals surface area contributed by atoms with E-state index in [0.717, 1.165) is 13.0 Å². The Bertz CT molecular complexity index is 362. The number of aliphatic hydroxyl groups is 1. The van der Waals surface area contributed by atoms with Crippen molar-refractivity contribution in [3.8, 4) is 0 Å². The van der Waals surface area contributed by atoms with Gasteiger partial charge in [0.1, 0.15) is 5.82 Å². The Hall–Kier alpha value is -1.46. The fourth-order valence-electron chi connectivity index (χ4n) is 1.66. The normalized spacial score (nSPS) is 10.7. The van der Waals surface area contributed by atoms with Gasteiger partial charge in [0.2, 0.25) is 5.91 Å². The molecule has 18 heavy (non-hydrogen) atoms. The molecule has 0 saturated carbocycles. The van der Waals surface area contributed by atoms with E-state index >= 15 is 0 Å². The van der Waals surface area contributed by atoms with Crippen LogP contribution in [-0.4, -0.2) is 42.2 Å². The van der Waals surface area contributed by atoms with Crippen LogP contribution in [0.15, 0.2) is 24.3 Å². The second-order valence-electron chi connectivity index (χ2n) is 4.05. The van der Waals surface area contributed by atoms with Gasteiger partial charge in [-0.25, -0.2) is 4.39 Å². The Kier molecular flexibility index (Phi) is 6.32. The zero-order valence-electron chi connectivity index (χ0n) is 10.5. The number of nitrogens with zero attached hydrogens (tertiary/aromatic N) is 1. The average molecular weight is 254 g/mol. The molecule has 0 aliphatic carbocycles. The minimum Gasteiger partial charge on any atom is -0.395 e. The number of carbonyl (C=O) groups excluding carboxylic acids is 1. The fraction of sp³-hybridized carbons (Fsp3) is 0.462. The standard InChI is InChI=1S/C13H19FN2O2/c1-2-7-16(8-9-17)10-13(18)15-12-5-3-11(14)4-6-12/h3-6,17H,2,7-10H2,1H3,(H,15,18). The summed E-state index contributed by atoms with van der Waals surface area (Å²) in [5, 5.41) is 11.6. The molecule has 1 rings (SSSR count). The van der Waals surface area contributed by atoms with Crippen LogP contribution in [0.5, 0.6) is 0 Å². The number of nitrogens with one attached hydrogen (secondary N) is 1. The Labute approximate surface area is 106 Å². The van der Waals surface area contributed by atoms with Gasteiger partial charge in [-0.1, -0.05) is 6.92 Å². The summed E-state index contributed by atoms with van der Waals surface area (Å²) in [7, 11) is 0. The molecule has 1 aromatic rings. The molecule has 1 amide bonds. The van der Waals surface area contributed by atoms with Crippen LogP contribution < -0.4 is 5.32 Å². The predicted molar refractivity (Wildman–Crippen MR) is 68.8 cm³/mol. The van der Waals surface area contributed by atoms with E-state index in [9.17, 15) is 9.18 Å². The molecule has 100 valence electrons. The number of hydrogen-bond donors (Lipinski definition) is 2. The lowest BCUT2D eigenvalue weighted by Gasteiger charge is -2.19. The Morgan fingerprint density at radius 2 is 2.00 bits per heavy atom. The third-order valence-corrected chi connectivity index (χ3v) is 2.45. The van der Waals surface area contributed by atoms with Gasteiger partial charge in [0, 0.05) is 12.2 Å². The lowest BCUT2D eigenvalue weighted by molar-refractivity contribution is -0.117. The lowest BCUT2D eigenvalue weighted by atomic mass is 10.3. The number of amides is 1. The fourth-order valence-corrected chi connectivity index (χ4v) is 1.66. The monoisotopic (exact) mass is 254 g/mol. The van der Waals surface area contributed by atoms with Gasteiger partial charge in [-0.3, -0.25) is 9.69 Å². The molecular formula is C13H19FN2O2. The summed E-state index contributed by atoms with van der Waals surface area (Å²) in [5.41, 5.74) is 0.571. The quantitative estimate of drug-likeness (QED) is 0.774. The van der Waals surface area contributed by atoms with Crippen LogP contribution in [0.4, 0.5) is 10.1 Å². The van der Waals surface area contributed by atoms with Gasteiger partial charge in [-0.15, -0.1) is 0 Å². The molecule has 0 aromatic heterocycles. The van der Waals surface area contributed by atoms with Crippen molar-refractivity contribution in [3.63, 3.8) is 0 Å². The molecule has 0 bridgehead atoms. The predicted octanol–water partition coefficient (Wildman–Crippen LogP) is 1.47. The van der Waals surface area contributed by atoms with Crippen molar-refractivity contribution in [3.05, 3.63) is 30.1 Å². The van der Waals surface area contributed by atoms with Crippen LogP contribution >= 0.6 is 0 Å². The highest BCUT2D eigenvalue weighted by atomic mass is 19.1. The van der Waals surface area contributed by atoms with Crippen molar-refractivity contribution >= 4 is 11.6 Å². The summed E-state index contributed by atoms with van der Waals surface area (Å²) in [6.45, 7) is 3.51. The third kappa shape index (κ3) is 5.25. The molecule has 0 unspecified atom stereocenters. The molecule has 0 spiro atoms. The topological polar surface area (TPSA) is 52.6 Å². The van der Waals surface area contributed by atoms with Crippen molar-refractivity contribution in [1.29, 1.82) is 0 Å². The van der Waals surface area contributed by atoms with Gasteiger partial charge in [0.25, 0.3) is 0 Å². The Morgan fingerprint density at radius 3 is 2.56 bits per heavy atom. The summed E-state index contributed by atoms with van der Waals surface area (Å²) >= 11 is 0. The number of benzene rings is 1. The first-order valence-electron chi connectivity index (χ1n) is 6.04. The molecule has 0 saturated heterocycles. The van der Waals surface area contributed by atoms with Gasteiger partial charge >= 0.3 is 0 Å². The SMILES string of the molecule is CCCN(CCO)CC(=O)Nc1ccc(F)cc1. The first-order valence-corrected chi connectivity index (χ1v) is 6.04. The molecular weight excluding hydrogens is 235 g/mol. The number of halogens is 1.